The van der Waals surface area contributed by atoms with E-state index >= 15 is 0 Å². The van der Waals surface area contributed by atoms with Crippen LogP contribution in [0.15, 0.2) is 42.7 Å². The fourth-order valence-electron chi connectivity index (χ4n) is 2.17. The first-order valence-electron chi connectivity index (χ1n) is 6.54. The summed E-state index contributed by atoms with van der Waals surface area (Å²) in [5.41, 5.74) is 6.93. The van der Waals surface area contributed by atoms with Crippen LogP contribution in [0.5, 0.6) is 0 Å². The second-order valence-electron chi connectivity index (χ2n) is 5.33. The first kappa shape index (κ1) is 13.8. The quantitative estimate of drug-likeness (QED) is 0.865. The number of nitrogens with two attached hydrogens (primary N) is 1. The molecule has 0 amide bonds. The third kappa shape index (κ3) is 3.43. The van der Waals surface area contributed by atoms with Gasteiger partial charge in [0, 0.05) is 18.3 Å². The molecule has 3 N–H and O–H groups in total. The lowest BCUT2D eigenvalue weighted by Crippen LogP contribution is -2.36. The average Bonchev–Trinajstić information content (AvgIpc) is 2.89. The number of hydrogen-bond donors (Lipinski definition) is 2. The van der Waals surface area contributed by atoms with E-state index in [2.05, 4.69) is 17.2 Å². The highest BCUT2D eigenvalue weighted by molar-refractivity contribution is 5.61. The Labute approximate surface area is 113 Å². The summed E-state index contributed by atoms with van der Waals surface area (Å²) < 4.78 is 1.88. The van der Waals surface area contributed by atoms with Crippen molar-refractivity contribution in [2.75, 3.05) is 6.54 Å². The topological polar surface area (TPSA) is 64.1 Å². The number of rotatable bonds is 5. The maximum absolute atomic E-state index is 10.0. The Hall–Kier alpha value is -1.65. The standard InChI is InChI=1S/C15H21N3O/c1-12(8-15(2,19)11-16)18-10-14(9-17-18)13-6-4-3-5-7-13/h3-7,9-10,12,19H,8,11,16H2,1-2H3. The van der Waals surface area contributed by atoms with Gasteiger partial charge in [-0.15, -0.1) is 0 Å². The number of hydrogen-bond acceptors (Lipinski definition) is 3. The van der Waals surface area contributed by atoms with Crippen LogP contribution in [0.3, 0.4) is 0 Å². The molecule has 0 radical (unpaired) electrons. The van der Waals surface area contributed by atoms with Crippen LogP contribution in [-0.2, 0) is 0 Å². The van der Waals surface area contributed by atoms with E-state index in [4.69, 9.17) is 5.73 Å². The van der Waals surface area contributed by atoms with E-state index < -0.39 is 5.60 Å². The molecule has 0 spiro atoms. The van der Waals surface area contributed by atoms with E-state index in [9.17, 15) is 5.11 Å². The fourth-order valence-corrected chi connectivity index (χ4v) is 2.17. The molecule has 0 saturated heterocycles. The van der Waals surface area contributed by atoms with Crippen LogP contribution in [0, 0.1) is 0 Å². The van der Waals surface area contributed by atoms with Gasteiger partial charge in [-0.2, -0.15) is 5.10 Å². The number of benzene rings is 1. The Kier molecular flexibility index (Phi) is 4.02. The SMILES string of the molecule is CC(CC(C)(O)CN)n1cc(-c2ccccc2)cn1. The maximum Gasteiger partial charge on any atom is 0.0761 e. The van der Waals surface area contributed by atoms with E-state index in [1.54, 1.807) is 6.92 Å². The van der Waals surface area contributed by atoms with Gasteiger partial charge in [0.25, 0.3) is 0 Å². The smallest absolute Gasteiger partial charge is 0.0761 e. The van der Waals surface area contributed by atoms with Crippen LogP contribution in [0.25, 0.3) is 11.1 Å². The molecule has 1 aromatic carbocycles. The van der Waals surface area contributed by atoms with Crippen molar-refractivity contribution >= 4 is 0 Å². The molecule has 102 valence electrons. The van der Waals surface area contributed by atoms with Crippen LogP contribution in [-0.4, -0.2) is 27.0 Å². The lowest BCUT2D eigenvalue weighted by atomic mass is 9.98. The molecule has 1 heterocycles. The average molecular weight is 259 g/mol. The van der Waals surface area contributed by atoms with Gasteiger partial charge in [-0.25, -0.2) is 0 Å². The molecule has 1 aromatic heterocycles. The largest absolute Gasteiger partial charge is 0.389 e. The molecule has 2 unspecified atom stereocenters. The van der Waals surface area contributed by atoms with Crippen molar-refractivity contribution in [3.05, 3.63) is 42.7 Å². The van der Waals surface area contributed by atoms with Crippen molar-refractivity contribution < 1.29 is 5.11 Å². The van der Waals surface area contributed by atoms with Gasteiger partial charge in [-0.05, 0) is 25.8 Å². The maximum atomic E-state index is 10.0. The molecule has 2 aromatic rings. The lowest BCUT2D eigenvalue weighted by Gasteiger charge is -2.25. The summed E-state index contributed by atoms with van der Waals surface area (Å²) in [6, 6.07) is 10.2. The zero-order valence-electron chi connectivity index (χ0n) is 11.5. The van der Waals surface area contributed by atoms with Crippen molar-refractivity contribution in [2.24, 2.45) is 5.73 Å². The van der Waals surface area contributed by atoms with Gasteiger partial charge in [0.2, 0.25) is 0 Å². The summed E-state index contributed by atoms with van der Waals surface area (Å²) in [4.78, 5) is 0. The molecule has 4 nitrogen and oxygen atoms in total. The van der Waals surface area contributed by atoms with Crippen molar-refractivity contribution in [1.82, 2.24) is 9.78 Å². The van der Waals surface area contributed by atoms with Crippen LogP contribution < -0.4 is 5.73 Å². The predicted octanol–water partition coefficient (Wildman–Crippen LogP) is 2.21. The van der Waals surface area contributed by atoms with Crippen molar-refractivity contribution in [3.8, 4) is 11.1 Å². The molecule has 2 rings (SSSR count). The second-order valence-corrected chi connectivity index (χ2v) is 5.33. The normalized spacial score (nSPS) is 16.0. The molecule has 0 bridgehead atoms. The molecule has 19 heavy (non-hydrogen) atoms. The van der Waals surface area contributed by atoms with Crippen LogP contribution in [0.4, 0.5) is 0 Å². The molecule has 0 aliphatic rings. The van der Waals surface area contributed by atoms with E-state index in [-0.39, 0.29) is 12.6 Å². The van der Waals surface area contributed by atoms with Crippen LogP contribution in [0.1, 0.15) is 26.3 Å². The number of nitrogens with zero attached hydrogens (tertiary/aromatic N) is 2. The molecule has 0 aliphatic carbocycles. The highest BCUT2D eigenvalue weighted by Gasteiger charge is 2.22. The van der Waals surface area contributed by atoms with Crippen LogP contribution in [0.2, 0.25) is 0 Å². The van der Waals surface area contributed by atoms with Gasteiger partial charge in [-0.3, -0.25) is 4.68 Å². The van der Waals surface area contributed by atoms with Gasteiger partial charge in [0.1, 0.15) is 0 Å². The highest BCUT2D eigenvalue weighted by Crippen LogP contribution is 2.23. The van der Waals surface area contributed by atoms with Crippen molar-refractivity contribution in [3.63, 3.8) is 0 Å². The second kappa shape index (κ2) is 5.55. The number of aliphatic hydroxyl groups is 1. The number of aromatic nitrogens is 2. The summed E-state index contributed by atoms with van der Waals surface area (Å²) in [7, 11) is 0. The van der Waals surface area contributed by atoms with Gasteiger partial charge >= 0.3 is 0 Å². The van der Waals surface area contributed by atoms with Crippen molar-refractivity contribution in [1.29, 1.82) is 0 Å². The molecule has 0 aliphatic heterocycles. The summed E-state index contributed by atoms with van der Waals surface area (Å²) in [5.74, 6) is 0. The van der Waals surface area contributed by atoms with Crippen molar-refractivity contribution in [2.45, 2.75) is 31.9 Å². The molecular weight excluding hydrogens is 238 g/mol. The minimum Gasteiger partial charge on any atom is -0.389 e. The summed E-state index contributed by atoms with van der Waals surface area (Å²) in [6.07, 6.45) is 4.44. The highest BCUT2D eigenvalue weighted by atomic mass is 16.3. The molecule has 2 atom stereocenters. The first-order valence-corrected chi connectivity index (χ1v) is 6.54. The molecular formula is C15H21N3O. The molecule has 0 saturated carbocycles. The summed E-state index contributed by atoms with van der Waals surface area (Å²) in [5, 5.41) is 14.4. The van der Waals surface area contributed by atoms with Crippen LogP contribution >= 0.6 is 0 Å². The zero-order valence-corrected chi connectivity index (χ0v) is 11.5. The lowest BCUT2D eigenvalue weighted by molar-refractivity contribution is 0.0449. The summed E-state index contributed by atoms with van der Waals surface area (Å²) >= 11 is 0. The Morgan fingerprint density at radius 3 is 2.63 bits per heavy atom. The Bertz CT molecular complexity index is 519. The Morgan fingerprint density at radius 1 is 1.32 bits per heavy atom. The van der Waals surface area contributed by atoms with E-state index in [0.717, 1.165) is 11.1 Å². The van der Waals surface area contributed by atoms with Gasteiger partial charge in [0.15, 0.2) is 0 Å². The van der Waals surface area contributed by atoms with E-state index in [1.807, 2.05) is 42.2 Å². The monoisotopic (exact) mass is 259 g/mol. The third-order valence-electron chi connectivity index (χ3n) is 3.34. The third-order valence-corrected chi connectivity index (χ3v) is 3.34. The van der Waals surface area contributed by atoms with Gasteiger partial charge in [-0.1, -0.05) is 30.3 Å². The first-order chi connectivity index (χ1) is 9.02. The predicted molar refractivity (Wildman–Crippen MR) is 76.7 cm³/mol. The van der Waals surface area contributed by atoms with E-state index in [1.165, 1.54) is 0 Å². The molecule has 4 heteroatoms. The summed E-state index contributed by atoms with van der Waals surface area (Å²) in [6.45, 7) is 4.04. The van der Waals surface area contributed by atoms with Gasteiger partial charge in [0.05, 0.1) is 17.8 Å². The minimum atomic E-state index is -0.849. The fraction of sp³-hybridized carbons (Fsp3) is 0.400. The Morgan fingerprint density at radius 2 is 2.00 bits per heavy atom. The Balaban J connectivity index is 2.13. The minimum absolute atomic E-state index is 0.107. The molecule has 0 fully saturated rings. The van der Waals surface area contributed by atoms with E-state index in [0.29, 0.717) is 6.42 Å². The van der Waals surface area contributed by atoms with Gasteiger partial charge < -0.3 is 10.8 Å². The zero-order chi connectivity index (χ0) is 13.9.